The summed E-state index contributed by atoms with van der Waals surface area (Å²) >= 11 is 0. The Morgan fingerprint density at radius 1 is 1.12 bits per heavy atom. The van der Waals surface area contributed by atoms with Crippen molar-refractivity contribution < 1.29 is 4.79 Å². The van der Waals surface area contributed by atoms with Crippen molar-refractivity contribution in [3.63, 3.8) is 0 Å². The fourth-order valence-corrected chi connectivity index (χ4v) is 2.26. The van der Waals surface area contributed by atoms with Gasteiger partial charge in [0.2, 0.25) is 0 Å². The highest BCUT2D eigenvalue weighted by Crippen LogP contribution is 2.19. The van der Waals surface area contributed by atoms with E-state index in [1.165, 1.54) is 6.42 Å². The van der Waals surface area contributed by atoms with Crippen molar-refractivity contribution >= 4 is 11.9 Å². The van der Waals surface area contributed by atoms with E-state index in [0.29, 0.717) is 17.5 Å². The van der Waals surface area contributed by atoms with E-state index in [1.54, 1.807) is 26.0 Å². The van der Waals surface area contributed by atoms with E-state index in [4.69, 9.17) is 0 Å². The highest BCUT2D eigenvalue weighted by Gasteiger charge is 2.09. The summed E-state index contributed by atoms with van der Waals surface area (Å²) in [6.45, 7) is 8.35. The number of carbonyl (C=O) groups excluding carboxylic acids is 1. The molecule has 0 bridgehead atoms. The van der Waals surface area contributed by atoms with Crippen LogP contribution in [0.2, 0.25) is 0 Å². The maximum Gasteiger partial charge on any atom is 0.253 e. The predicted molar refractivity (Wildman–Crippen MR) is 101 cm³/mol. The Kier molecular flexibility index (Phi) is 7.75. The van der Waals surface area contributed by atoms with Gasteiger partial charge in [-0.25, -0.2) is 0 Å². The van der Waals surface area contributed by atoms with Gasteiger partial charge >= 0.3 is 0 Å². The van der Waals surface area contributed by atoms with Gasteiger partial charge in [-0.1, -0.05) is 32.9 Å². The quantitative estimate of drug-likeness (QED) is 0.478. The third-order valence-electron chi connectivity index (χ3n) is 3.69. The second-order valence-electron chi connectivity index (χ2n) is 7.41. The van der Waals surface area contributed by atoms with E-state index in [-0.39, 0.29) is 5.91 Å². The molecule has 1 rings (SSSR count). The van der Waals surface area contributed by atoms with Gasteiger partial charge in [-0.15, -0.1) is 0 Å². The van der Waals surface area contributed by atoms with Crippen molar-refractivity contribution in [3.8, 4) is 0 Å². The van der Waals surface area contributed by atoms with Gasteiger partial charge in [0.1, 0.15) is 0 Å². The molecule has 0 radical (unpaired) electrons. The van der Waals surface area contributed by atoms with Crippen LogP contribution in [-0.4, -0.2) is 44.5 Å². The number of benzene rings is 1. The molecule has 0 aliphatic carbocycles. The molecule has 1 aromatic rings. The second kappa shape index (κ2) is 9.30. The number of nitrogens with zero attached hydrogens (tertiary/aromatic N) is 2. The van der Waals surface area contributed by atoms with Crippen LogP contribution in [0.1, 0.15) is 49.5 Å². The van der Waals surface area contributed by atoms with Crippen LogP contribution in [0.25, 0.3) is 0 Å². The van der Waals surface area contributed by atoms with Crippen LogP contribution in [0.3, 0.4) is 0 Å². The summed E-state index contributed by atoms with van der Waals surface area (Å²) < 4.78 is 0. The van der Waals surface area contributed by atoms with E-state index in [9.17, 15) is 4.79 Å². The summed E-state index contributed by atoms with van der Waals surface area (Å²) in [5.74, 6) is 0.822. The molecule has 0 aliphatic rings. The van der Waals surface area contributed by atoms with Crippen LogP contribution in [0.4, 0.5) is 0 Å². The summed E-state index contributed by atoms with van der Waals surface area (Å²) in [6.07, 6.45) is 2.30. The Hall–Kier alpha value is -2.04. The normalized spacial score (nSPS) is 12.0. The molecule has 0 saturated heterocycles. The summed E-state index contributed by atoms with van der Waals surface area (Å²) in [4.78, 5) is 17.7. The minimum absolute atomic E-state index is 0.0193. The number of carbonyl (C=O) groups is 1. The zero-order chi connectivity index (χ0) is 18.2. The van der Waals surface area contributed by atoms with Gasteiger partial charge in [-0.2, -0.15) is 0 Å². The summed E-state index contributed by atoms with van der Waals surface area (Å²) in [5, 5.41) is 6.63. The van der Waals surface area contributed by atoms with E-state index in [0.717, 1.165) is 24.5 Å². The third kappa shape index (κ3) is 7.49. The van der Waals surface area contributed by atoms with Crippen LogP contribution in [0.15, 0.2) is 29.3 Å². The van der Waals surface area contributed by atoms with Gasteiger partial charge in [0.25, 0.3) is 5.91 Å². The highest BCUT2D eigenvalue weighted by molar-refractivity contribution is 5.93. The molecule has 5 nitrogen and oxygen atoms in total. The van der Waals surface area contributed by atoms with E-state index in [2.05, 4.69) is 36.4 Å². The molecule has 1 aromatic carbocycles. The molecule has 0 spiro atoms. The van der Waals surface area contributed by atoms with Crippen molar-refractivity contribution in [2.24, 2.45) is 10.4 Å². The Labute approximate surface area is 146 Å². The average Bonchev–Trinajstić information content (AvgIpc) is 2.53. The Morgan fingerprint density at radius 3 is 2.25 bits per heavy atom. The van der Waals surface area contributed by atoms with E-state index in [1.807, 2.05) is 24.3 Å². The Morgan fingerprint density at radius 2 is 1.75 bits per heavy atom. The van der Waals surface area contributed by atoms with E-state index >= 15 is 0 Å². The van der Waals surface area contributed by atoms with Crippen molar-refractivity contribution in [3.05, 3.63) is 35.4 Å². The van der Waals surface area contributed by atoms with Crippen molar-refractivity contribution in [2.75, 3.05) is 27.7 Å². The number of amides is 1. The number of guanidine groups is 1. The molecule has 134 valence electrons. The van der Waals surface area contributed by atoms with Crippen LogP contribution in [0, 0.1) is 5.41 Å². The zero-order valence-corrected chi connectivity index (χ0v) is 15.9. The third-order valence-corrected chi connectivity index (χ3v) is 3.69. The van der Waals surface area contributed by atoms with Gasteiger partial charge in [0, 0.05) is 39.8 Å². The topological polar surface area (TPSA) is 56.7 Å². The zero-order valence-electron chi connectivity index (χ0n) is 15.9. The van der Waals surface area contributed by atoms with Crippen LogP contribution >= 0.6 is 0 Å². The first-order chi connectivity index (χ1) is 11.2. The molecule has 24 heavy (non-hydrogen) atoms. The molecule has 0 heterocycles. The monoisotopic (exact) mass is 332 g/mol. The number of rotatable bonds is 6. The van der Waals surface area contributed by atoms with E-state index < -0.39 is 0 Å². The SMILES string of the molecule is CN=C(NCCCC(C)(C)C)NCc1ccc(C(=O)N(C)C)cc1. The fraction of sp³-hybridized carbons (Fsp3) is 0.579. The molecule has 1 amide bonds. The van der Waals surface area contributed by atoms with Gasteiger partial charge in [-0.3, -0.25) is 9.79 Å². The lowest BCUT2D eigenvalue weighted by molar-refractivity contribution is 0.0827. The van der Waals surface area contributed by atoms with Gasteiger partial charge in [0.05, 0.1) is 0 Å². The molecule has 0 aliphatic heterocycles. The van der Waals surface area contributed by atoms with Crippen LogP contribution in [-0.2, 0) is 6.54 Å². The first-order valence-corrected chi connectivity index (χ1v) is 8.48. The molecular weight excluding hydrogens is 300 g/mol. The average molecular weight is 332 g/mol. The van der Waals surface area contributed by atoms with Gasteiger partial charge in [0.15, 0.2) is 5.96 Å². The lowest BCUT2D eigenvalue weighted by Crippen LogP contribution is -2.37. The maximum absolute atomic E-state index is 11.9. The summed E-state index contributed by atoms with van der Waals surface area (Å²) in [5.41, 5.74) is 2.18. The minimum atomic E-state index is 0.0193. The van der Waals surface area contributed by atoms with Crippen molar-refractivity contribution in [2.45, 2.75) is 40.2 Å². The van der Waals surface area contributed by atoms with Crippen LogP contribution < -0.4 is 10.6 Å². The largest absolute Gasteiger partial charge is 0.356 e. The number of aliphatic imine (C=N–C) groups is 1. The first kappa shape index (κ1) is 20.0. The predicted octanol–water partition coefficient (Wildman–Crippen LogP) is 2.88. The molecule has 0 unspecified atom stereocenters. The summed E-state index contributed by atoms with van der Waals surface area (Å²) in [6, 6.07) is 7.66. The van der Waals surface area contributed by atoms with Crippen molar-refractivity contribution in [1.82, 2.24) is 15.5 Å². The molecule has 2 N–H and O–H groups in total. The van der Waals surface area contributed by atoms with Crippen molar-refractivity contribution in [1.29, 1.82) is 0 Å². The molecule has 0 fully saturated rings. The smallest absolute Gasteiger partial charge is 0.253 e. The fourth-order valence-electron chi connectivity index (χ4n) is 2.26. The lowest BCUT2D eigenvalue weighted by atomic mass is 9.91. The molecule has 5 heteroatoms. The molecular formula is C19H32N4O. The molecule has 0 aromatic heterocycles. The Bertz CT molecular complexity index is 541. The Balaban J connectivity index is 2.42. The number of nitrogens with one attached hydrogen (secondary N) is 2. The summed E-state index contributed by atoms with van der Waals surface area (Å²) in [7, 11) is 5.29. The molecule has 0 saturated carbocycles. The maximum atomic E-state index is 11.9. The number of hydrogen-bond acceptors (Lipinski definition) is 2. The lowest BCUT2D eigenvalue weighted by Gasteiger charge is -2.18. The second-order valence-corrected chi connectivity index (χ2v) is 7.41. The van der Waals surface area contributed by atoms with Gasteiger partial charge in [-0.05, 0) is 36.0 Å². The minimum Gasteiger partial charge on any atom is -0.356 e. The number of hydrogen-bond donors (Lipinski definition) is 2. The molecule has 0 atom stereocenters. The first-order valence-electron chi connectivity index (χ1n) is 8.48. The standard InChI is InChI=1S/C19H32N4O/c1-19(2,3)12-7-13-21-18(20-4)22-14-15-8-10-16(11-9-15)17(24)23(5)6/h8-11H,7,12-14H2,1-6H3,(H2,20,21,22). The highest BCUT2D eigenvalue weighted by atomic mass is 16.2. The van der Waals surface area contributed by atoms with Crippen LogP contribution in [0.5, 0.6) is 0 Å². The van der Waals surface area contributed by atoms with Gasteiger partial charge < -0.3 is 15.5 Å².